The first-order valence-electron chi connectivity index (χ1n) is 7.75. The van der Waals surface area contributed by atoms with Crippen molar-refractivity contribution in [1.82, 2.24) is 9.80 Å². The van der Waals surface area contributed by atoms with Crippen LogP contribution >= 0.6 is 0 Å². The van der Waals surface area contributed by atoms with Gasteiger partial charge in [0.25, 0.3) is 0 Å². The van der Waals surface area contributed by atoms with Crippen molar-refractivity contribution in [1.29, 1.82) is 5.26 Å². The summed E-state index contributed by atoms with van der Waals surface area (Å²) in [5.74, 6) is 0.813. The first-order valence-corrected chi connectivity index (χ1v) is 7.75. The van der Waals surface area contributed by atoms with Gasteiger partial charge in [0.2, 0.25) is 0 Å². The molecular weight excluding hydrogens is 262 g/mol. The van der Waals surface area contributed by atoms with E-state index in [-0.39, 0.29) is 6.04 Å². The van der Waals surface area contributed by atoms with E-state index in [4.69, 9.17) is 4.74 Å². The quantitative estimate of drug-likeness (QED) is 0.834. The number of nitrogens with zero attached hydrogens (tertiary/aromatic N) is 3. The number of benzene rings is 1. The molecule has 0 N–H and O–H groups in total. The summed E-state index contributed by atoms with van der Waals surface area (Å²) < 4.78 is 5.29. The molecule has 2 unspecified atom stereocenters. The lowest BCUT2D eigenvalue weighted by atomic mass is 10.0. The van der Waals surface area contributed by atoms with Crippen LogP contribution in [0.2, 0.25) is 0 Å². The zero-order valence-corrected chi connectivity index (χ0v) is 13.2. The van der Waals surface area contributed by atoms with Crippen LogP contribution in [0, 0.1) is 11.3 Å². The lowest BCUT2D eigenvalue weighted by Gasteiger charge is -2.43. The zero-order valence-electron chi connectivity index (χ0n) is 13.2. The average Bonchev–Trinajstić information content (AvgIpc) is 2.56. The number of methoxy groups -OCH3 is 1. The maximum Gasteiger partial charge on any atom is 0.124 e. The predicted molar refractivity (Wildman–Crippen MR) is 84.2 cm³/mol. The van der Waals surface area contributed by atoms with Gasteiger partial charge in [-0.2, -0.15) is 5.26 Å². The summed E-state index contributed by atoms with van der Waals surface area (Å²) in [5.41, 5.74) is 1.03. The molecule has 1 aliphatic rings. The summed E-state index contributed by atoms with van der Waals surface area (Å²) in [6, 6.07) is 10.6. The van der Waals surface area contributed by atoms with Gasteiger partial charge in [-0.05, 0) is 30.7 Å². The van der Waals surface area contributed by atoms with Gasteiger partial charge >= 0.3 is 0 Å². The maximum atomic E-state index is 9.69. The van der Waals surface area contributed by atoms with E-state index >= 15 is 0 Å². The third kappa shape index (κ3) is 3.55. The molecule has 2 atom stereocenters. The Kier molecular flexibility index (Phi) is 5.60. The smallest absolute Gasteiger partial charge is 0.124 e. The van der Waals surface area contributed by atoms with E-state index in [1.54, 1.807) is 7.11 Å². The Morgan fingerprint density at radius 2 is 2.19 bits per heavy atom. The number of rotatable bonds is 5. The fraction of sp³-hybridized carbons (Fsp3) is 0.588. The normalized spacial score (nSPS) is 21.7. The second kappa shape index (κ2) is 7.44. The highest BCUT2D eigenvalue weighted by Crippen LogP contribution is 2.28. The van der Waals surface area contributed by atoms with Crippen molar-refractivity contribution >= 4 is 0 Å². The van der Waals surface area contributed by atoms with Crippen LogP contribution in [0.3, 0.4) is 0 Å². The number of ether oxygens (including phenoxy) is 1. The molecule has 1 aromatic carbocycles. The number of hydrogen-bond acceptors (Lipinski definition) is 4. The van der Waals surface area contributed by atoms with Gasteiger partial charge in [0, 0.05) is 25.7 Å². The van der Waals surface area contributed by atoms with E-state index in [0.717, 1.165) is 43.9 Å². The molecule has 0 aliphatic carbocycles. The van der Waals surface area contributed by atoms with Crippen molar-refractivity contribution in [3.63, 3.8) is 0 Å². The highest BCUT2D eigenvalue weighted by atomic mass is 16.5. The second-order valence-electron chi connectivity index (χ2n) is 5.50. The Labute approximate surface area is 127 Å². The molecule has 0 radical (unpaired) electrons. The van der Waals surface area contributed by atoms with E-state index < -0.39 is 0 Å². The first kappa shape index (κ1) is 15.8. The molecule has 0 spiro atoms. The minimum Gasteiger partial charge on any atom is -0.497 e. The van der Waals surface area contributed by atoms with Crippen LogP contribution in [0.5, 0.6) is 5.75 Å². The predicted octanol–water partition coefficient (Wildman–Crippen LogP) is 2.68. The monoisotopic (exact) mass is 287 g/mol. The van der Waals surface area contributed by atoms with E-state index in [0.29, 0.717) is 6.04 Å². The SMILES string of the molecule is CCC1CN(CC)CCN1C(C#N)c1cccc(OC)c1. The summed E-state index contributed by atoms with van der Waals surface area (Å²) >= 11 is 0. The molecule has 4 nitrogen and oxygen atoms in total. The van der Waals surface area contributed by atoms with Crippen molar-refractivity contribution in [2.24, 2.45) is 0 Å². The van der Waals surface area contributed by atoms with Gasteiger partial charge < -0.3 is 9.64 Å². The average molecular weight is 287 g/mol. The first-order chi connectivity index (χ1) is 10.2. The number of hydrogen-bond donors (Lipinski definition) is 0. The van der Waals surface area contributed by atoms with Crippen molar-refractivity contribution < 1.29 is 4.74 Å². The van der Waals surface area contributed by atoms with Crippen molar-refractivity contribution in [3.8, 4) is 11.8 Å². The minimum absolute atomic E-state index is 0.191. The molecule has 1 heterocycles. The fourth-order valence-corrected chi connectivity index (χ4v) is 3.08. The standard InChI is InChI=1S/C17H25N3O/c1-4-15-13-19(5-2)9-10-20(15)17(12-18)14-7-6-8-16(11-14)21-3/h6-8,11,15,17H,4-5,9-10,13H2,1-3H3. The van der Waals surface area contributed by atoms with Crippen LogP contribution in [-0.4, -0.2) is 49.1 Å². The van der Waals surface area contributed by atoms with Crippen LogP contribution in [0.15, 0.2) is 24.3 Å². The van der Waals surface area contributed by atoms with Gasteiger partial charge in [0.05, 0.1) is 13.2 Å². The Morgan fingerprint density at radius 1 is 1.38 bits per heavy atom. The third-order valence-electron chi connectivity index (χ3n) is 4.39. The molecule has 0 amide bonds. The minimum atomic E-state index is -0.191. The topological polar surface area (TPSA) is 39.5 Å². The molecule has 0 saturated carbocycles. The summed E-state index contributed by atoms with van der Waals surface area (Å²) in [7, 11) is 1.66. The van der Waals surface area contributed by atoms with E-state index in [9.17, 15) is 5.26 Å². The molecule has 1 saturated heterocycles. The molecular formula is C17H25N3O. The fourth-order valence-electron chi connectivity index (χ4n) is 3.08. The summed E-state index contributed by atoms with van der Waals surface area (Å²) in [4.78, 5) is 4.81. The lowest BCUT2D eigenvalue weighted by molar-refractivity contribution is 0.0569. The highest BCUT2D eigenvalue weighted by Gasteiger charge is 2.31. The van der Waals surface area contributed by atoms with Crippen LogP contribution in [0.1, 0.15) is 31.9 Å². The Morgan fingerprint density at radius 3 is 2.81 bits per heavy atom. The largest absolute Gasteiger partial charge is 0.497 e. The van der Waals surface area contributed by atoms with E-state index in [1.165, 1.54) is 0 Å². The van der Waals surface area contributed by atoms with E-state index in [2.05, 4.69) is 29.7 Å². The number of piperazine rings is 1. The molecule has 114 valence electrons. The van der Waals surface area contributed by atoms with Crippen LogP contribution in [0.4, 0.5) is 0 Å². The summed E-state index contributed by atoms with van der Waals surface area (Å²) in [6.07, 6.45) is 1.07. The van der Waals surface area contributed by atoms with Crippen molar-refractivity contribution in [2.45, 2.75) is 32.4 Å². The zero-order chi connectivity index (χ0) is 15.2. The van der Waals surface area contributed by atoms with Crippen LogP contribution in [-0.2, 0) is 0 Å². The van der Waals surface area contributed by atoms with Gasteiger partial charge in [-0.1, -0.05) is 26.0 Å². The molecule has 21 heavy (non-hydrogen) atoms. The maximum absolute atomic E-state index is 9.69. The number of likely N-dealkylation sites (N-methyl/N-ethyl adjacent to an activating group) is 1. The Hall–Kier alpha value is -1.57. The Balaban J connectivity index is 2.21. The second-order valence-corrected chi connectivity index (χ2v) is 5.50. The number of nitriles is 1. The van der Waals surface area contributed by atoms with Gasteiger partial charge in [0.15, 0.2) is 0 Å². The van der Waals surface area contributed by atoms with Crippen molar-refractivity contribution in [2.75, 3.05) is 33.3 Å². The summed E-state index contributed by atoms with van der Waals surface area (Å²) in [5, 5.41) is 9.69. The molecule has 4 heteroatoms. The van der Waals surface area contributed by atoms with Crippen LogP contribution < -0.4 is 4.74 Å². The van der Waals surface area contributed by atoms with Crippen LogP contribution in [0.25, 0.3) is 0 Å². The van der Waals surface area contributed by atoms with Crippen molar-refractivity contribution in [3.05, 3.63) is 29.8 Å². The van der Waals surface area contributed by atoms with Gasteiger partial charge in [-0.15, -0.1) is 0 Å². The molecule has 0 bridgehead atoms. The van der Waals surface area contributed by atoms with E-state index in [1.807, 2.05) is 24.3 Å². The van der Waals surface area contributed by atoms with Gasteiger partial charge in [0.1, 0.15) is 11.8 Å². The molecule has 1 aromatic rings. The molecule has 2 rings (SSSR count). The molecule has 1 aliphatic heterocycles. The summed E-state index contributed by atoms with van der Waals surface area (Å²) in [6.45, 7) is 8.52. The van der Waals surface area contributed by atoms with Gasteiger partial charge in [-0.3, -0.25) is 4.90 Å². The molecule has 0 aromatic heterocycles. The third-order valence-corrected chi connectivity index (χ3v) is 4.39. The van der Waals surface area contributed by atoms with Gasteiger partial charge in [-0.25, -0.2) is 0 Å². The lowest BCUT2D eigenvalue weighted by Crippen LogP contribution is -2.53. The highest BCUT2D eigenvalue weighted by molar-refractivity contribution is 5.33. The molecule has 1 fully saturated rings. The Bertz CT molecular complexity index is 497.